The lowest BCUT2D eigenvalue weighted by Crippen LogP contribution is -2.30. The van der Waals surface area contributed by atoms with E-state index < -0.39 is 0 Å². The van der Waals surface area contributed by atoms with Crippen LogP contribution in [0.2, 0.25) is 0 Å². The first-order valence-corrected chi connectivity index (χ1v) is 9.37. The van der Waals surface area contributed by atoms with Crippen LogP contribution in [0.4, 0.5) is 0 Å². The fourth-order valence-electron chi connectivity index (χ4n) is 2.08. The summed E-state index contributed by atoms with van der Waals surface area (Å²) in [6.45, 7) is 10.5. The molecule has 1 atom stereocenters. The van der Waals surface area contributed by atoms with Crippen LogP contribution >= 0.6 is 11.8 Å². The molecule has 19 heavy (non-hydrogen) atoms. The lowest BCUT2D eigenvalue weighted by Gasteiger charge is -2.24. The Morgan fingerprint density at radius 2 is 1.74 bits per heavy atom. The average Bonchev–Trinajstić information content (AvgIpc) is 2.38. The first kappa shape index (κ1) is 19.3. The van der Waals surface area contributed by atoms with Crippen LogP contribution < -0.4 is 5.32 Å². The molecule has 0 bridgehead atoms. The van der Waals surface area contributed by atoms with Crippen LogP contribution in [0.15, 0.2) is 0 Å². The zero-order chi connectivity index (χ0) is 14.5. The van der Waals surface area contributed by atoms with E-state index >= 15 is 0 Å². The van der Waals surface area contributed by atoms with E-state index in [-0.39, 0.29) is 0 Å². The molecule has 0 aromatic heterocycles. The first-order valence-electron chi connectivity index (χ1n) is 7.97. The Morgan fingerprint density at radius 3 is 2.37 bits per heavy atom. The van der Waals surface area contributed by atoms with Crippen molar-refractivity contribution >= 4 is 11.8 Å². The van der Waals surface area contributed by atoms with Gasteiger partial charge in [0.05, 0.1) is 0 Å². The van der Waals surface area contributed by atoms with Crippen molar-refractivity contribution in [3.05, 3.63) is 0 Å². The maximum Gasteiger partial charge on any atom is 0.00717 e. The highest BCUT2D eigenvalue weighted by atomic mass is 32.2. The first-order chi connectivity index (χ1) is 9.07. The van der Waals surface area contributed by atoms with Gasteiger partial charge in [0.25, 0.3) is 0 Å². The smallest absolute Gasteiger partial charge is 0.00717 e. The molecule has 0 aliphatic carbocycles. The van der Waals surface area contributed by atoms with Gasteiger partial charge in [0.2, 0.25) is 0 Å². The largest absolute Gasteiger partial charge is 0.316 e. The Balaban J connectivity index is 3.29. The topological polar surface area (TPSA) is 15.3 Å². The highest BCUT2D eigenvalue weighted by molar-refractivity contribution is 7.98. The Bertz CT molecular complexity index is 186. The van der Waals surface area contributed by atoms with E-state index in [9.17, 15) is 0 Å². The summed E-state index contributed by atoms with van der Waals surface area (Å²) in [5, 5.41) is 3.51. The molecule has 0 rings (SSSR count). The maximum atomic E-state index is 3.51. The third-order valence-electron chi connectivity index (χ3n) is 3.66. The van der Waals surface area contributed by atoms with E-state index in [1.165, 1.54) is 50.9 Å². The lowest BCUT2D eigenvalue weighted by molar-refractivity contribution is 0.247. The zero-order valence-corrected chi connectivity index (χ0v) is 14.7. The highest BCUT2D eigenvalue weighted by Gasteiger charge is 2.07. The Hall–Kier alpha value is 0.270. The maximum absolute atomic E-state index is 3.51. The average molecular weight is 289 g/mol. The molecule has 0 radical (unpaired) electrons. The molecule has 0 fully saturated rings. The van der Waals surface area contributed by atoms with Crippen molar-refractivity contribution in [2.45, 2.75) is 58.9 Å². The van der Waals surface area contributed by atoms with Crippen molar-refractivity contribution in [3.8, 4) is 0 Å². The number of nitrogens with zero attached hydrogens (tertiary/aromatic N) is 1. The molecule has 0 saturated carbocycles. The van der Waals surface area contributed by atoms with Crippen molar-refractivity contribution in [3.63, 3.8) is 0 Å². The number of thioether (sulfide) groups is 1. The summed E-state index contributed by atoms with van der Waals surface area (Å²) in [5.41, 5.74) is 0. The molecule has 0 aromatic carbocycles. The summed E-state index contributed by atoms with van der Waals surface area (Å²) < 4.78 is 0. The Kier molecular flexibility index (Phi) is 13.5. The zero-order valence-electron chi connectivity index (χ0n) is 13.9. The van der Waals surface area contributed by atoms with Gasteiger partial charge in [0, 0.05) is 6.04 Å². The van der Waals surface area contributed by atoms with Crippen LogP contribution in [0.5, 0.6) is 0 Å². The van der Waals surface area contributed by atoms with Gasteiger partial charge < -0.3 is 10.2 Å². The minimum atomic E-state index is 0.736. The summed E-state index contributed by atoms with van der Waals surface area (Å²) in [6.07, 6.45) is 8.95. The van der Waals surface area contributed by atoms with Gasteiger partial charge in [-0.25, -0.2) is 0 Å². The van der Waals surface area contributed by atoms with E-state index in [0.717, 1.165) is 18.5 Å². The molecule has 0 heterocycles. The van der Waals surface area contributed by atoms with Crippen LogP contribution in [-0.4, -0.2) is 49.6 Å². The van der Waals surface area contributed by atoms with Crippen LogP contribution in [-0.2, 0) is 0 Å². The van der Waals surface area contributed by atoms with Gasteiger partial charge in [0.15, 0.2) is 0 Å². The third kappa shape index (κ3) is 13.0. The van der Waals surface area contributed by atoms with Crippen LogP contribution in [0, 0.1) is 5.92 Å². The summed E-state index contributed by atoms with van der Waals surface area (Å²) in [5.74, 6) is 2.06. The predicted octanol–water partition coefficient (Wildman–Crippen LogP) is 3.87. The standard InChI is InChI=1S/C16H36N2S/c1-15(2)14-17-11-8-6-7-9-12-18(4)16(3)10-13-19-5/h15-17H,6-14H2,1-5H3. The molecule has 116 valence electrons. The molecule has 1 unspecified atom stereocenters. The normalized spacial score (nSPS) is 13.4. The van der Waals surface area contributed by atoms with Crippen LogP contribution in [0.25, 0.3) is 0 Å². The minimum Gasteiger partial charge on any atom is -0.316 e. The number of unbranched alkanes of at least 4 members (excludes halogenated alkanes) is 3. The summed E-state index contributed by atoms with van der Waals surface area (Å²) in [4.78, 5) is 2.52. The second-order valence-electron chi connectivity index (χ2n) is 6.12. The van der Waals surface area contributed by atoms with E-state index in [1.54, 1.807) is 0 Å². The summed E-state index contributed by atoms with van der Waals surface area (Å²) in [7, 11) is 2.27. The van der Waals surface area contributed by atoms with Crippen molar-refractivity contribution in [1.82, 2.24) is 10.2 Å². The van der Waals surface area contributed by atoms with E-state index in [2.05, 4.69) is 44.3 Å². The van der Waals surface area contributed by atoms with Gasteiger partial charge in [-0.2, -0.15) is 11.8 Å². The van der Waals surface area contributed by atoms with Crippen molar-refractivity contribution in [1.29, 1.82) is 0 Å². The number of nitrogens with one attached hydrogen (secondary N) is 1. The lowest BCUT2D eigenvalue weighted by atomic mass is 10.1. The molecule has 0 spiro atoms. The molecular formula is C16H36N2S. The van der Waals surface area contributed by atoms with Gasteiger partial charge in [0.1, 0.15) is 0 Å². The van der Waals surface area contributed by atoms with Gasteiger partial charge in [-0.1, -0.05) is 26.7 Å². The fraction of sp³-hybridized carbons (Fsp3) is 1.00. The molecule has 0 aliphatic rings. The number of hydrogen-bond donors (Lipinski definition) is 1. The monoisotopic (exact) mass is 288 g/mol. The van der Waals surface area contributed by atoms with E-state index in [4.69, 9.17) is 0 Å². The Labute approximate surface area is 126 Å². The number of rotatable bonds is 13. The van der Waals surface area contributed by atoms with Gasteiger partial charge in [-0.15, -0.1) is 0 Å². The van der Waals surface area contributed by atoms with E-state index in [1.807, 2.05) is 11.8 Å². The molecule has 1 N–H and O–H groups in total. The summed E-state index contributed by atoms with van der Waals surface area (Å²) >= 11 is 1.96. The van der Waals surface area contributed by atoms with Gasteiger partial charge in [-0.05, 0) is 70.8 Å². The summed E-state index contributed by atoms with van der Waals surface area (Å²) in [6, 6.07) is 0.736. The van der Waals surface area contributed by atoms with Crippen molar-refractivity contribution < 1.29 is 0 Å². The molecular weight excluding hydrogens is 252 g/mol. The van der Waals surface area contributed by atoms with E-state index in [0.29, 0.717) is 0 Å². The van der Waals surface area contributed by atoms with Crippen molar-refractivity contribution in [2.24, 2.45) is 5.92 Å². The minimum absolute atomic E-state index is 0.736. The van der Waals surface area contributed by atoms with Crippen molar-refractivity contribution in [2.75, 3.05) is 38.7 Å². The SMILES string of the molecule is CSCCC(C)N(C)CCCCCCNCC(C)C. The fourth-order valence-corrected chi connectivity index (χ4v) is 2.66. The molecule has 3 heteroatoms. The number of hydrogen-bond acceptors (Lipinski definition) is 3. The highest BCUT2D eigenvalue weighted by Crippen LogP contribution is 2.08. The second kappa shape index (κ2) is 13.3. The van der Waals surface area contributed by atoms with Crippen LogP contribution in [0.3, 0.4) is 0 Å². The predicted molar refractivity (Wildman–Crippen MR) is 91.3 cm³/mol. The van der Waals surface area contributed by atoms with Crippen LogP contribution in [0.1, 0.15) is 52.9 Å². The second-order valence-corrected chi connectivity index (χ2v) is 7.11. The quantitative estimate of drug-likeness (QED) is 0.518. The third-order valence-corrected chi connectivity index (χ3v) is 4.30. The molecule has 0 aromatic rings. The molecule has 0 amide bonds. The molecule has 2 nitrogen and oxygen atoms in total. The van der Waals surface area contributed by atoms with Gasteiger partial charge >= 0.3 is 0 Å². The molecule has 0 aliphatic heterocycles. The molecule has 0 saturated heterocycles. The Morgan fingerprint density at radius 1 is 1.05 bits per heavy atom. The van der Waals surface area contributed by atoms with Gasteiger partial charge in [-0.3, -0.25) is 0 Å².